The molecule has 1 aromatic carbocycles. The first-order chi connectivity index (χ1) is 10.4. The molecule has 0 atom stereocenters. The van der Waals surface area contributed by atoms with E-state index in [-0.39, 0.29) is 22.6 Å². The van der Waals surface area contributed by atoms with E-state index in [9.17, 15) is 14.7 Å². The van der Waals surface area contributed by atoms with Crippen LogP contribution in [0.5, 0.6) is 0 Å². The van der Waals surface area contributed by atoms with Gasteiger partial charge < -0.3 is 15.7 Å². The summed E-state index contributed by atoms with van der Waals surface area (Å²) in [5.41, 5.74) is 1.77. The van der Waals surface area contributed by atoms with E-state index in [4.69, 9.17) is 5.26 Å². The Balaban J connectivity index is 2.32. The van der Waals surface area contributed by atoms with Gasteiger partial charge in [-0.05, 0) is 31.4 Å². The molecule has 1 saturated carbocycles. The van der Waals surface area contributed by atoms with Crippen LogP contribution >= 0.6 is 0 Å². The number of nitrogens with one attached hydrogen (secondary N) is 2. The molecule has 0 bridgehead atoms. The average molecular weight is 301 g/mol. The molecule has 0 heterocycles. The molecular formula is C16H19N3O3. The number of carboxylic acids is 1. The molecule has 1 fully saturated rings. The van der Waals surface area contributed by atoms with Crippen LogP contribution in [0.25, 0.3) is 0 Å². The first-order valence-electron chi connectivity index (χ1n) is 7.14. The highest BCUT2D eigenvalue weighted by atomic mass is 16.4. The van der Waals surface area contributed by atoms with Gasteiger partial charge in [-0.2, -0.15) is 5.26 Å². The topological polar surface area (TPSA) is 102 Å². The summed E-state index contributed by atoms with van der Waals surface area (Å²) in [5, 5.41) is 24.0. The van der Waals surface area contributed by atoms with Crippen LogP contribution < -0.4 is 10.6 Å². The van der Waals surface area contributed by atoms with Crippen LogP contribution in [-0.2, 0) is 4.79 Å². The summed E-state index contributed by atoms with van der Waals surface area (Å²) >= 11 is 0. The highest BCUT2D eigenvalue weighted by Crippen LogP contribution is 2.49. The van der Waals surface area contributed by atoms with Crippen molar-refractivity contribution in [3.8, 4) is 6.07 Å². The molecule has 1 aliphatic carbocycles. The minimum atomic E-state index is -1.09. The van der Waals surface area contributed by atoms with Crippen molar-refractivity contribution in [2.75, 3.05) is 17.2 Å². The van der Waals surface area contributed by atoms with E-state index in [1.54, 1.807) is 6.07 Å². The average Bonchev–Trinajstić information content (AvgIpc) is 3.17. The third-order valence-corrected chi connectivity index (χ3v) is 4.00. The lowest BCUT2D eigenvalue weighted by Gasteiger charge is -2.20. The molecule has 6 heteroatoms. The number of aryl methyl sites for hydroxylation is 1. The van der Waals surface area contributed by atoms with Gasteiger partial charge >= 0.3 is 5.97 Å². The molecule has 0 unspecified atom stereocenters. The lowest BCUT2D eigenvalue weighted by Crippen LogP contribution is -2.19. The number of rotatable bonds is 6. The van der Waals surface area contributed by atoms with Crippen molar-refractivity contribution in [3.63, 3.8) is 0 Å². The minimum Gasteiger partial charge on any atom is -0.478 e. The molecule has 0 aliphatic heterocycles. The third-order valence-electron chi connectivity index (χ3n) is 4.00. The molecule has 1 amide bonds. The summed E-state index contributed by atoms with van der Waals surface area (Å²) in [5.74, 6) is -1.42. The molecule has 1 aliphatic rings. The largest absolute Gasteiger partial charge is 0.478 e. The zero-order chi connectivity index (χ0) is 16.3. The number of carboxylic acid groups (broad SMARTS) is 1. The summed E-state index contributed by atoms with van der Waals surface area (Å²) in [4.78, 5) is 22.8. The monoisotopic (exact) mass is 301 g/mol. The Kier molecular flexibility index (Phi) is 4.36. The van der Waals surface area contributed by atoms with Gasteiger partial charge in [0.25, 0.3) is 0 Å². The molecule has 0 saturated heterocycles. The predicted octanol–water partition coefficient (Wildman–Crippen LogP) is 2.76. The smallest absolute Gasteiger partial charge is 0.337 e. The second kappa shape index (κ2) is 6.06. The standard InChI is InChI=1S/C16H19N3O3/c1-10-3-4-12(15(21)22)14(19-11(2)20)13(10)18-9-16(5-6-16)7-8-17/h3-4,18H,5-7,9H2,1-2H3,(H,19,20)(H,21,22). The van der Waals surface area contributed by atoms with Gasteiger partial charge in [-0.15, -0.1) is 0 Å². The Hall–Kier alpha value is -2.55. The molecule has 1 aromatic rings. The lowest BCUT2D eigenvalue weighted by molar-refractivity contribution is -0.114. The number of carbonyl (C=O) groups excluding carboxylic acids is 1. The van der Waals surface area contributed by atoms with Crippen LogP contribution in [0.4, 0.5) is 11.4 Å². The van der Waals surface area contributed by atoms with Crippen LogP contribution in [0.15, 0.2) is 12.1 Å². The lowest BCUT2D eigenvalue weighted by atomic mass is 10.0. The van der Waals surface area contributed by atoms with Crippen LogP contribution in [-0.4, -0.2) is 23.5 Å². The van der Waals surface area contributed by atoms with Gasteiger partial charge in [-0.25, -0.2) is 4.79 Å². The van der Waals surface area contributed by atoms with E-state index in [1.807, 2.05) is 6.92 Å². The number of amides is 1. The second-order valence-electron chi connectivity index (χ2n) is 5.85. The van der Waals surface area contributed by atoms with Crippen molar-refractivity contribution < 1.29 is 14.7 Å². The maximum absolute atomic E-state index is 11.4. The van der Waals surface area contributed by atoms with Crippen molar-refractivity contribution in [2.45, 2.75) is 33.1 Å². The Morgan fingerprint density at radius 3 is 2.55 bits per heavy atom. The van der Waals surface area contributed by atoms with Crippen molar-refractivity contribution in [1.29, 1.82) is 5.26 Å². The van der Waals surface area contributed by atoms with Crippen molar-refractivity contribution >= 4 is 23.3 Å². The fourth-order valence-corrected chi connectivity index (χ4v) is 2.46. The maximum Gasteiger partial charge on any atom is 0.337 e. The van der Waals surface area contributed by atoms with Gasteiger partial charge in [0.2, 0.25) is 5.91 Å². The van der Waals surface area contributed by atoms with Crippen LogP contribution in [0, 0.1) is 23.7 Å². The SMILES string of the molecule is CC(=O)Nc1c(C(=O)O)ccc(C)c1NCC1(CC#N)CC1. The molecule has 0 spiro atoms. The normalized spacial score (nSPS) is 14.8. The molecule has 116 valence electrons. The molecule has 0 aromatic heterocycles. The van der Waals surface area contributed by atoms with Gasteiger partial charge in [-0.1, -0.05) is 6.07 Å². The third kappa shape index (κ3) is 3.37. The van der Waals surface area contributed by atoms with E-state index in [0.717, 1.165) is 18.4 Å². The zero-order valence-corrected chi connectivity index (χ0v) is 12.7. The first-order valence-corrected chi connectivity index (χ1v) is 7.14. The van der Waals surface area contributed by atoms with Crippen molar-refractivity contribution in [3.05, 3.63) is 23.3 Å². The van der Waals surface area contributed by atoms with Crippen LogP contribution in [0.2, 0.25) is 0 Å². The van der Waals surface area contributed by atoms with Gasteiger partial charge in [0, 0.05) is 25.3 Å². The number of anilines is 2. The highest BCUT2D eigenvalue weighted by molar-refractivity contribution is 6.04. The number of hydrogen-bond acceptors (Lipinski definition) is 4. The number of carbonyl (C=O) groups is 2. The fourth-order valence-electron chi connectivity index (χ4n) is 2.46. The minimum absolute atomic E-state index is 0.0199. The van der Waals surface area contributed by atoms with Crippen LogP contribution in [0.1, 0.15) is 42.1 Å². The molecule has 3 N–H and O–H groups in total. The van der Waals surface area contributed by atoms with Gasteiger partial charge in [0.05, 0.1) is 23.0 Å². The highest BCUT2D eigenvalue weighted by Gasteiger charge is 2.42. The summed E-state index contributed by atoms with van der Waals surface area (Å²) in [6, 6.07) is 5.39. The Morgan fingerprint density at radius 2 is 2.05 bits per heavy atom. The summed E-state index contributed by atoms with van der Waals surface area (Å²) in [6.45, 7) is 3.79. The number of hydrogen-bond donors (Lipinski definition) is 3. The van der Waals surface area contributed by atoms with Crippen molar-refractivity contribution in [2.24, 2.45) is 5.41 Å². The Morgan fingerprint density at radius 1 is 1.36 bits per heavy atom. The summed E-state index contributed by atoms with van der Waals surface area (Å²) in [7, 11) is 0. The van der Waals surface area contributed by atoms with E-state index in [2.05, 4.69) is 16.7 Å². The fraction of sp³-hybridized carbons (Fsp3) is 0.438. The maximum atomic E-state index is 11.4. The molecule has 2 rings (SSSR count). The molecule has 22 heavy (non-hydrogen) atoms. The van der Waals surface area contributed by atoms with Crippen molar-refractivity contribution in [1.82, 2.24) is 0 Å². The molecular weight excluding hydrogens is 282 g/mol. The number of aromatic carboxylic acids is 1. The van der Waals surface area contributed by atoms with Gasteiger partial charge in [0.1, 0.15) is 0 Å². The number of nitriles is 1. The van der Waals surface area contributed by atoms with Crippen LogP contribution in [0.3, 0.4) is 0 Å². The zero-order valence-electron chi connectivity index (χ0n) is 12.7. The number of nitrogens with zero attached hydrogens (tertiary/aromatic N) is 1. The quantitative estimate of drug-likeness (QED) is 0.749. The Bertz CT molecular complexity index is 657. The van der Waals surface area contributed by atoms with E-state index in [1.165, 1.54) is 13.0 Å². The number of benzene rings is 1. The van der Waals surface area contributed by atoms with E-state index in [0.29, 0.717) is 18.7 Å². The first kappa shape index (κ1) is 15.8. The predicted molar refractivity (Wildman–Crippen MR) is 82.8 cm³/mol. The molecule has 6 nitrogen and oxygen atoms in total. The second-order valence-corrected chi connectivity index (χ2v) is 5.85. The summed E-state index contributed by atoms with van der Waals surface area (Å²) in [6.07, 6.45) is 2.45. The van der Waals surface area contributed by atoms with Gasteiger partial charge in [0.15, 0.2) is 0 Å². The van der Waals surface area contributed by atoms with E-state index < -0.39 is 5.97 Å². The van der Waals surface area contributed by atoms with Gasteiger partial charge in [-0.3, -0.25) is 4.79 Å². The molecule has 0 radical (unpaired) electrons. The van der Waals surface area contributed by atoms with E-state index >= 15 is 0 Å². The summed E-state index contributed by atoms with van der Waals surface area (Å²) < 4.78 is 0. The Labute approximate surface area is 129 Å².